The van der Waals surface area contributed by atoms with Gasteiger partial charge in [-0.05, 0) is 24.5 Å². The number of aliphatic carboxylic acids is 1. The van der Waals surface area contributed by atoms with E-state index in [2.05, 4.69) is 5.32 Å². The Balaban J connectivity index is 2.39. The first kappa shape index (κ1) is 17.3. The SMILES string of the molecule is CC(C)C[C@H](NC(=O)CCOc1ccccc1Cl)C(=O)O. The monoisotopic (exact) mass is 313 g/mol. The van der Waals surface area contributed by atoms with Gasteiger partial charge in [0.15, 0.2) is 0 Å². The van der Waals surface area contributed by atoms with Crippen molar-refractivity contribution in [2.75, 3.05) is 6.61 Å². The molecule has 1 rings (SSSR count). The van der Waals surface area contributed by atoms with Crippen LogP contribution >= 0.6 is 11.6 Å². The van der Waals surface area contributed by atoms with Crippen LogP contribution in [0.1, 0.15) is 26.7 Å². The minimum absolute atomic E-state index is 0.0765. The van der Waals surface area contributed by atoms with Crippen LogP contribution in [-0.4, -0.2) is 29.6 Å². The van der Waals surface area contributed by atoms with Gasteiger partial charge in [-0.25, -0.2) is 4.79 Å². The molecule has 0 saturated carbocycles. The molecule has 6 heteroatoms. The highest BCUT2D eigenvalue weighted by molar-refractivity contribution is 6.32. The summed E-state index contributed by atoms with van der Waals surface area (Å²) in [6.45, 7) is 3.95. The van der Waals surface area contributed by atoms with Gasteiger partial charge < -0.3 is 15.2 Å². The quantitative estimate of drug-likeness (QED) is 0.773. The summed E-state index contributed by atoms with van der Waals surface area (Å²) in [6.07, 6.45) is 0.472. The number of ether oxygens (including phenoxy) is 1. The molecule has 0 unspecified atom stereocenters. The molecular weight excluding hydrogens is 294 g/mol. The number of carbonyl (C=O) groups excluding carboxylic acids is 1. The normalized spacial score (nSPS) is 12.0. The summed E-state index contributed by atoms with van der Waals surface area (Å²) >= 11 is 5.92. The highest BCUT2D eigenvalue weighted by Crippen LogP contribution is 2.23. The second-order valence-corrected chi connectivity index (χ2v) is 5.52. The molecule has 21 heavy (non-hydrogen) atoms. The summed E-state index contributed by atoms with van der Waals surface area (Å²) in [5, 5.41) is 12.0. The summed E-state index contributed by atoms with van der Waals surface area (Å²) in [5.74, 6) is -0.686. The Labute approximate surface area is 129 Å². The number of carbonyl (C=O) groups is 2. The molecule has 1 amide bonds. The van der Waals surface area contributed by atoms with E-state index >= 15 is 0 Å². The number of hydrogen-bond donors (Lipinski definition) is 2. The van der Waals surface area contributed by atoms with Gasteiger partial charge >= 0.3 is 5.97 Å². The number of halogens is 1. The molecule has 0 aliphatic rings. The molecule has 1 aromatic carbocycles. The number of rotatable bonds is 8. The van der Waals surface area contributed by atoms with Crippen LogP contribution in [0.3, 0.4) is 0 Å². The fraction of sp³-hybridized carbons (Fsp3) is 0.467. The van der Waals surface area contributed by atoms with E-state index in [4.69, 9.17) is 21.4 Å². The average molecular weight is 314 g/mol. The third kappa shape index (κ3) is 6.49. The van der Waals surface area contributed by atoms with E-state index in [1.54, 1.807) is 24.3 Å². The number of carboxylic acid groups (broad SMARTS) is 1. The topological polar surface area (TPSA) is 75.6 Å². The smallest absolute Gasteiger partial charge is 0.326 e. The maximum absolute atomic E-state index is 11.7. The second kappa shape index (κ2) is 8.52. The number of amides is 1. The van der Waals surface area contributed by atoms with E-state index in [0.717, 1.165) is 0 Å². The molecule has 0 spiro atoms. The molecule has 0 fully saturated rings. The zero-order valence-electron chi connectivity index (χ0n) is 12.1. The molecule has 116 valence electrons. The zero-order chi connectivity index (χ0) is 15.8. The van der Waals surface area contributed by atoms with E-state index in [0.29, 0.717) is 17.2 Å². The van der Waals surface area contributed by atoms with E-state index in [9.17, 15) is 9.59 Å². The van der Waals surface area contributed by atoms with Gasteiger partial charge in [0.05, 0.1) is 18.1 Å². The van der Waals surface area contributed by atoms with Crippen molar-refractivity contribution in [3.8, 4) is 5.75 Å². The fourth-order valence-corrected chi connectivity index (χ4v) is 1.97. The van der Waals surface area contributed by atoms with E-state index in [-0.39, 0.29) is 24.9 Å². The first-order chi connectivity index (χ1) is 9.90. The maximum Gasteiger partial charge on any atom is 0.326 e. The van der Waals surface area contributed by atoms with Crippen molar-refractivity contribution in [2.45, 2.75) is 32.7 Å². The van der Waals surface area contributed by atoms with Crippen molar-refractivity contribution in [2.24, 2.45) is 5.92 Å². The van der Waals surface area contributed by atoms with Crippen LogP contribution in [0.4, 0.5) is 0 Å². The van der Waals surface area contributed by atoms with Gasteiger partial charge in [0.25, 0.3) is 0 Å². The molecule has 1 atom stereocenters. The summed E-state index contributed by atoms with van der Waals surface area (Å²) in [4.78, 5) is 22.8. The highest BCUT2D eigenvalue weighted by atomic mass is 35.5. The van der Waals surface area contributed by atoms with Gasteiger partial charge in [-0.1, -0.05) is 37.6 Å². The Morgan fingerprint density at radius 1 is 1.33 bits per heavy atom. The van der Waals surface area contributed by atoms with Crippen LogP contribution < -0.4 is 10.1 Å². The molecular formula is C15H20ClNO4. The molecule has 2 N–H and O–H groups in total. The van der Waals surface area contributed by atoms with Crippen molar-refractivity contribution in [1.82, 2.24) is 5.32 Å². The van der Waals surface area contributed by atoms with Crippen LogP contribution in [0.2, 0.25) is 5.02 Å². The van der Waals surface area contributed by atoms with Crippen LogP contribution in [0.5, 0.6) is 5.75 Å². The predicted octanol–water partition coefficient (Wildman–Crippen LogP) is 2.72. The maximum atomic E-state index is 11.7. The Hall–Kier alpha value is -1.75. The third-order valence-corrected chi connectivity index (χ3v) is 3.08. The lowest BCUT2D eigenvalue weighted by Crippen LogP contribution is -2.42. The Bertz CT molecular complexity index is 490. The van der Waals surface area contributed by atoms with E-state index in [1.165, 1.54) is 0 Å². The van der Waals surface area contributed by atoms with Crippen LogP contribution in [0, 0.1) is 5.92 Å². The van der Waals surface area contributed by atoms with Crippen molar-refractivity contribution in [1.29, 1.82) is 0 Å². The highest BCUT2D eigenvalue weighted by Gasteiger charge is 2.20. The zero-order valence-corrected chi connectivity index (χ0v) is 12.9. The molecule has 0 aliphatic carbocycles. The van der Waals surface area contributed by atoms with Gasteiger partial charge in [-0.2, -0.15) is 0 Å². The molecule has 0 aromatic heterocycles. The Morgan fingerprint density at radius 3 is 2.57 bits per heavy atom. The number of carboxylic acids is 1. The first-order valence-corrected chi connectivity index (χ1v) is 7.17. The van der Waals surface area contributed by atoms with Crippen LogP contribution in [-0.2, 0) is 9.59 Å². The fourth-order valence-electron chi connectivity index (χ4n) is 1.77. The van der Waals surface area contributed by atoms with Gasteiger partial charge in [-0.3, -0.25) is 4.79 Å². The van der Waals surface area contributed by atoms with Crippen molar-refractivity contribution in [3.63, 3.8) is 0 Å². The largest absolute Gasteiger partial charge is 0.491 e. The van der Waals surface area contributed by atoms with Crippen LogP contribution in [0.25, 0.3) is 0 Å². The van der Waals surface area contributed by atoms with Gasteiger partial charge in [-0.15, -0.1) is 0 Å². The summed E-state index contributed by atoms with van der Waals surface area (Å²) in [5.41, 5.74) is 0. The summed E-state index contributed by atoms with van der Waals surface area (Å²) in [6, 6.07) is 6.10. The molecule has 1 aromatic rings. The molecule has 0 heterocycles. The minimum atomic E-state index is -1.02. The number of hydrogen-bond acceptors (Lipinski definition) is 3. The standard InChI is InChI=1S/C15H20ClNO4/c1-10(2)9-12(15(19)20)17-14(18)7-8-21-13-6-4-3-5-11(13)16/h3-6,10,12H,7-9H2,1-2H3,(H,17,18)(H,19,20)/t12-/m0/s1. The molecule has 0 radical (unpaired) electrons. The molecule has 5 nitrogen and oxygen atoms in total. The average Bonchev–Trinajstić information content (AvgIpc) is 2.39. The minimum Gasteiger partial charge on any atom is -0.491 e. The van der Waals surface area contributed by atoms with Crippen molar-refractivity contribution < 1.29 is 19.4 Å². The lowest BCUT2D eigenvalue weighted by atomic mass is 10.0. The van der Waals surface area contributed by atoms with E-state index in [1.807, 2.05) is 13.8 Å². The van der Waals surface area contributed by atoms with Crippen molar-refractivity contribution >= 4 is 23.5 Å². The van der Waals surface area contributed by atoms with Gasteiger partial charge in [0.1, 0.15) is 11.8 Å². The molecule has 0 bridgehead atoms. The van der Waals surface area contributed by atoms with Crippen molar-refractivity contribution in [3.05, 3.63) is 29.3 Å². The second-order valence-electron chi connectivity index (χ2n) is 5.12. The van der Waals surface area contributed by atoms with E-state index < -0.39 is 12.0 Å². The first-order valence-electron chi connectivity index (χ1n) is 6.79. The summed E-state index contributed by atoms with van der Waals surface area (Å²) < 4.78 is 5.39. The Kier molecular flexibility index (Phi) is 7.02. The number of para-hydroxylation sites is 1. The molecule has 0 saturated heterocycles. The number of nitrogens with one attached hydrogen (secondary N) is 1. The lowest BCUT2D eigenvalue weighted by Gasteiger charge is -2.16. The van der Waals surface area contributed by atoms with Gasteiger partial charge in [0, 0.05) is 0 Å². The summed E-state index contributed by atoms with van der Waals surface area (Å²) in [7, 11) is 0. The molecule has 0 aliphatic heterocycles. The third-order valence-electron chi connectivity index (χ3n) is 2.76. The Morgan fingerprint density at radius 2 is 2.00 bits per heavy atom. The number of benzene rings is 1. The van der Waals surface area contributed by atoms with Gasteiger partial charge in [0.2, 0.25) is 5.91 Å². The lowest BCUT2D eigenvalue weighted by molar-refractivity contribution is -0.142. The van der Waals surface area contributed by atoms with Crippen LogP contribution in [0.15, 0.2) is 24.3 Å². The predicted molar refractivity (Wildman–Crippen MR) is 80.6 cm³/mol.